The molecule has 1 rings (SSSR count). The standard InChI is InChI=1S/C20H31FO2/c1-2-3-4-5-6-7-8-9-10-15-22-16-17-23-18-19-11-13-20(21)14-12-19/h2,11-14H,1,3-10,15-18H2. The Morgan fingerprint density at radius 1 is 0.783 bits per heavy atom. The van der Waals surface area contributed by atoms with Crippen molar-refractivity contribution in [2.75, 3.05) is 19.8 Å². The molecule has 0 atom stereocenters. The summed E-state index contributed by atoms with van der Waals surface area (Å²) in [5, 5.41) is 0. The smallest absolute Gasteiger partial charge is 0.123 e. The van der Waals surface area contributed by atoms with Crippen LogP contribution < -0.4 is 0 Å². The quantitative estimate of drug-likeness (QED) is 0.306. The van der Waals surface area contributed by atoms with E-state index in [0.717, 1.165) is 25.0 Å². The summed E-state index contributed by atoms with van der Waals surface area (Å²) < 4.78 is 23.8. The maximum absolute atomic E-state index is 12.7. The van der Waals surface area contributed by atoms with Crippen LogP contribution in [0, 0.1) is 5.82 Å². The normalized spacial score (nSPS) is 10.8. The summed E-state index contributed by atoms with van der Waals surface area (Å²) in [4.78, 5) is 0. The Labute approximate surface area is 140 Å². The van der Waals surface area contributed by atoms with Crippen LogP contribution in [0.4, 0.5) is 4.39 Å². The van der Waals surface area contributed by atoms with Crippen molar-refractivity contribution in [1.29, 1.82) is 0 Å². The molecule has 0 spiro atoms. The summed E-state index contributed by atoms with van der Waals surface area (Å²) in [6.45, 7) is 6.27. The molecule has 0 saturated heterocycles. The van der Waals surface area contributed by atoms with E-state index in [1.165, 1.54) is 50.7 Å². The Morgan fingerprint density at radius 2 is 1.39 bits per heavy atom. The molecule has 0 aliphatic rings. The number of hydrogen-bond donors (Lipinski definition) is 0. The first-order chi connectivity index (χ1) is 11.3. The van der Waals surface area contributed by atoms with Crippen molar-refractivity contribution in [3.63, 3.8) is 0 Å². The van der Waals surface area contributed by atoms with E-state index in [2.05, 4.69) is 6.58 Å². The van der Waals surface area contributed by atoms with Gasteiger partial charge in [0.05, 0.1) is 19.8 Å². The van der Waals surface area contributed by atoms with Crippen LogP contribution in [0.25, 0.3) is 0 Å². The van der Waals surface area contributed by atoms with Crippen LogP contribution in [-0.4, -0.2) is 19.8 Å². The second-order valence-electron chi connectivity index (χ2n) is 5.84. The lowest BCUT2D eigenvalue weighted by atomic mass is 10.1. The average molecular weight is 322 g/mol. The molecular formula is C20H31FO2. The Bertz CT molecular complexity index is 389. The highest BCUT2D eigenvalue weighted by Crippen LogP contribution is 2.09. The summed E-state index contributed by atoms with van der Waals surface area (Å²) in [6.07, 6.45) is 12.1. The van der Waals surface area contributed by atoms with Gasteiger partial charge in [0.2, 0.25) is 0 Å². The second kappa shape index (κ2) is 14.4. The fourth-order valence-corrected chi connectivity index (χ4v) is 2.37. The van der Waals surface area contributed by atoms with E-state index in [1.54, 1.807) is 12.1 Å². The molecule has 3 heteroatoms. The number of ether oxygens (including phenoxy) is 2. The molecule has 0 bridgehead atoms. The van der Waals surface area contributed by atoms with E-state index in [9.17, 15) is 4.39 Å². The van der Waals surface area contributed by atoms with Gasteiger partial charge >= 0.3 is 0 Å². The van der Waals surface area contributed by atoms with E-state index >= 15 is 0 Å². The van der Waals surface area contributed by atoms with Crippen LogP contribution >= 0.6 is 0 Å². The third-order valence-electron chi connectivity index (χ3n) is 3.75. The summed E-state index contributed by atoms with van der Waals surface area (Å²) >= 11 is 0. The molecule has 0 unspecified atom stereocenters. The van der Waals surface area contributed by atoms with Crippen molar-refractivity contribution < 1.29 is 13.9 Å². The average Bonchev–Trinajstić information content (AvgIpc) is 2.57. The van der Waals surface area contributed by atoms with E-state index in [1.807, 2.05) is 6.08 Å². The molecule has 130 valence electrons. The second-order valence-corrected chi connectivity index (χ2v) is 5.84. The summed E-state index contributed by atoms with van der Waals surface area (Å²) in [5.74, 6) is -0.214. The predicted molar refractivity (Wildman–Crippen MR) is 94.0 cm³/mol. The number of halogens is 1. The number of benzene rings is 1. The first kappa shape index (κ1) is 19.9. The van der Waals surface area contributed by atoms with Crippen LogP contribution in [0.15, 0.2) is 36.9 Å². The molecule has 0 N–H and O–H groups in total. The summed E-state index contributed by atoms with van der Waals surface area (Å²) in [7, 11) is 0. The lowest BCUT2D eigenvalue weighted by Crippen LogP contribution is -2.05. The SMILES string of the molecule is C=CCCCCCCCCCOCCOCc1ccc(F)cc1. The van der Waals surface area contributed by atoms with Gasteiger partial charge in [0, 0.05) is 6.61 Å². The van der Waals surface area contributed by atoms with Gasteiger partial charge in [-0.15, -0.1) is 6.58 Å². The van der Waals surface area contributed by atoms with Crippen molar-refractivity contribution in [2.45, 2.75) is 58.0 Å². The van der Waals surface area contributed by atoms with E-state index in [4.69, 9.17) is 9.47 Å². The molecule has 1 aromatic carbocycles. The molecule has 0 radical (unpaired) electrons. The monoisotopic (exact) mass is 322 g/mol. The first-order valence-electron chi connectivity index (χ1n) is 8.84. The molecule has 23 heavy (non-hydrogen) atoms. The van der Waals surface area contributed by atoms with Gasteiger partial charge in [-0.1, -0.05) is 50.3 Å². The number of rotatable bonds is 15. The number of hydrogen-bond acceptors (Lipinski definition) is 2. The van der Waals surface area contributed by atoms with E-state index in [-0.39, 0.29) is 5.82 Å². The minimum Gasteiger partial charge on any atom is -0.379 e. The van der Waals surface area contributed by atoms with Gasteiger partial charge < -0.3 is 9.47 Å². The minimum absolute atomic E-state index is 0.214. The lowest BCUT2D eigenvalue weighted by Gasteiger charge is -2.06. The minimum atomic E-state index is -0.214. The predicted octanol–water partition coefficient (Wildman–Crippen LogP) is 5.67. The topological polar surface area (TPSA) is 18.5 Å². The third kappa shape index (κ3) is 12.0. The zero-order valence-corrected chi connectivity index (χ0v) is 14.3. The van der Waals surface area contributed by atoms with Gasteiger partial charge in [-0.2, -0.15) is 0 Å². The van der Waals surface area contributed by atoms with Crippen LogP contribution in [0.3, 0.4) is 0 Å². The van der Waals surface area contributed by atoms with Gasteiger partial charge in [-0.3, -0.25) is 0 Å². The molecule has 0 aliphatic carbocycles. The molecule has 0 aromatic heterocycles. The summed E-state index contributed by atoms with van der Waals surface area (Å²) in [6, 6.07) is 6.39. The molecular weight excluding hydrogens is 291 g/mol. The Balaban J connectivity index is 1.78. The maximum Gasteiger partial charge on any atom is 0.123 e. The zero-order valence-electron chi connectivity index (χ0n) is 14.3. The first-order valence-corrected chi connectivity index (χ1v) is 8.84. The van der Waals surface area contributed by atoms with Crippen molar-refractivity contribution in [3.05, 3.63) is 48.3 Å². The molecule has 0 amide bonds. The van der Waals surface area contributed by atoms with Crippen LogP contribution in [0.5, 0.6) is 0 Å². The fourth-order valence-electron chi connectivity index (χ4n) is 2.37. The van der Waals surface area contributed by atoms with Gasteiger partial charge in [0.25, 0.3) is 0 Å². The highest BCUT2D eigenvalue weighted by atomic mass is 19.1. The van der Waals surface area contributed by atoms with Gasteiger partial charge in [-0.05, 0) is 37.0 Å². The fraction of sp³-hybridized carbons (Fsp3) is 0.600. The van der Waals surface area contributed by atoms with Crippen molar-refractivity contribution in [3.8, 4) is 0 Å². The lowest BCUT2D eigenvalue weighted by molar-refractivity contribution is 0.0392. The Morgan fingerprint density at radius 3 is 2.09 bits per heavy atom. The molecule has 2 nitrogen and oxygen atoms in total. The van der Waals surface area contributed by atoms with Crippen LogP contribution in [-0.2, 0) is 16.1 Å². The van der Waals surface area contributed by atoms with Crippen molar-refractivity contribution in [2.24, 2.45) is 0 Å². The molecule has 0 fully saturated rings. The molecule has 0 aliphatic heterocycles. The van der Waals surface area contributed by atoms with Crippen molar-refractivity contribution >= 4 is 0 Å². The van der Waals surface area contributed by atoms with Gasteiger partial charge in [0.1, 0.15) is 5.82 Å². The largest absolute Gasteiger partial charge is 0.379 e. The van der Waals surface area contributed by atoms with Gasteiger partial charge in [-0.25, -0.2) is 4.39 Å². The molecule has 0 saturated carbocycles. The molecule has 0 heterocycles. The highest BCUT2D eigenvalue weighted by molar-refractivity contribution is 5.14. The third-order valence-corrected chi connectivity index (χ3v) is 3.75. The van der Waals surface area contributed by atoms with Crippen LogP contribution in [0.1, 0.15) is 56.9 Å². The number of unbranched alkanes of at least 4 members (excludes halogenated alkanes) is 7. The van der Waals surface area contributed by atoms with Gasteiger partial charge in [0.15, 0.2) is 0 Å². The van der Waals surface area contributed by atoms with Crippen LogP contribution in [0.2, 0.25) is 0 Å². The van der Waals surface area contributed by atoms with E-state index in [0.29, 0.717) is 19.8 Å². The van der Waals surface area contributed by atoms with E-state index < -0.39 is 0 Å². The Hall–Kier alpha value is -1.19. The summed E-state index contributed by atoms with van der Waals surface area (Å²) in [5.41, 5.74) is 0.986. The Kier molecular flexibility index (Phi) is 12.4. The molecule has 1 aromatic rings. The highest BCUT2D eigenvalue weighted by Gasteiger charge is 1.95. The number of allylic oxidation sites excluding steroid dienone is 1. The maximum atomic E-state index is 12.7. The van der Waals surface area contributed by atoms with Crippen molar-refractivity contribution in [1.82, 2.24) is 0 Å². The zero-order chi connectivity index (χ0) is 16.6.